The number of amides is 1. The first kappa shape index (κ1) is 22.6. The van der Waals surface area contributed by atoms with Gasteiger partial charge in [0.05, 0.1) is 6.04 Å². The lowest BCUT2D eigenvalue weighted by Crippen LogP contribution is -2.48. The van der Waals surface area contributed by atoms with E-state index in [1.54, 1.807) is 0 Å². The second-order valence-electron chi connectivity index (χ2n) is 9.60. The highest BCUT2D eigenvalue weighted by atomic mass is 32.1. The van der Waals surface area contributed by atoms with E-state index in [2.05, 4.69) is 49.9 Å². The fourth-order valence-electron chi connectivity index (χ4n) is 5.32. The Balaban J connectivity index is 1.29. The zero-order valence-electron chi connectivity index (χ0n) is 19.2. The summed E-state index contributed by atoms with van der Waals surface area (Å²) in [4.78, 5) is 23.4. The fraction of sp³-hybridized carbons (Fsp3) is 0.750. The summed E-state index contributed by atoms with van der Waals surface area (Å²) in [6, 6.07) is 5.08. The minimum absolute atomic E-state index is 0.273. The molecule has 1 aromatic heterocycles. The Kier molecular flexibility index (Phi) is 7.88. The maximum Gasteiger partial charge on any atom is 0.225 e. The van der Waals surface area contributed by atoms with Crippen molar-refractivity contribution in [2.24, 2.45) is 16.8 Å². The first-order valence-electron chi connectivity index (χ1n) is 12.2. The van der Waals surface area contributed by atoms with Crippen molar-refractivity contribution in [2.75, 3.05) is 39.8 Å². The predicted molar refractivity (Wildman–Crippen MR) is 128 cm³/mol. The zero-order chi connectivity index (χ0) is 21.6. The molecule has 1 saturated carbocycles. The van der Waals surface area contributed by atoms with E-state index in [9.17, 15) is 4.79 Å². The summed E-state index contributed by atoms with van der Waals surface area (Å²) in [5, 5.41) is 9.35. The van der Waals surface area contributed by atoms with Crippen LogP contribution < -0.4 is 10.6 Å². The van der Waals surface area contributed by atoms with Crippen molar-refractivity contribution < 1.29 is 4.79 Å². The molecule has 2 aliphatic heterocycles. The van der Waals surface area contributed by atoms with Crippen molar-refractivity contribution in [1.82, 2.24) is 20.4 Å². The number of piperidine rings is 1. The zero-order valence-corrected chi connectivity index (χ0v) is 20.0. The van der Waals surface area contributed by atoms with E-state index in [-0.39, 0.29) is 12.0 Å². The topological polar surface area (TPSA) is 60.0 Å². The van der Waals surface area contributed by atoms with Gasteiger partial charge in [-0.3, -0.25) is 14.7 Å². The van der Waals surface area contributed by atoms with Crippen molar-refractivity contribution in [3.8, 4) is 0 Å². The molecule has 2 atom stereocenters. The van der Waals surface area contributed by atoms with Gasteiger partial charge in [-0.2, -0.15) is 0 Å². The molecular weight excluding hydrogens is 406 g/mol. The lowest BCUT2D eigenvalue weighted by atomic mass is 9.97. The molecule has 172 valence electrons. The summed E-state index contributed by atoms with van der Waals surface area (Å²) >= 11 is 1.85. The average molecular weight is 446 g/mol. The number of carbonyl (C=O) groups excluding carboxylic acids is 1. The van der Waals surface area contributed by atoms with Crippen LogP contribution in [0.25, 0.3) is 0 Å². The summed E-state index contributed by atoms with van der Waals surface area (Å²) in [5.74, 6) is 2.34. The molecule has 0 aromatic carbocycles. The summed E-state index contributed by atoms with van der Waals surface area (Å²) < 4.78 is 0. The lowest BCUT2D eigenvalue weighted by molar-refractivity contribution is -0.134. The Hall–Kier alpha value is -1.60. The Morgan fingerprint density at radius 2 is 1.97 bits per heavy atom. The third-order valence-corrected chi connectivity index (χ3v) is 8.34. The van der Waals surface area contributed by atoms with Gasteiger partial charge in [-0.15, -0.1) is 11.3 Å². The highest BCUT2D eigenvalue weighted by Gasteiger charge is 2.33. The lowest BCUT2D eigenvalue weighted by Gasteiger charge is -2.36. The average Bonchev–Trinajstić information content (AvgIpc) is 3.56. The molecule has 1 amide bonds. The maximum absolute atomic E-state index is 12.7. The van der Waals surface area contributed by atoms with Gasteiger partial charge in [-0.25, -0.2) is 0 Å². The Bertz CT molecular complexity index is 722. The maximum atomic E-state index is 12.7. The van der Waals surface area contributed by atoms with Gasteiger partial charge in [0.1, 0.15) is 0 Å². The van der Waals surface area contributed by atoms with E-state index in [4.69, 9.17) is 0 Å². The molecule has 6 nitrogen and oxygen atoms in total. The molecule has 2 unspecified atom stereocenters. The number of aliphatic imine (C=N–C) groups is 1. The molecular formula is C24H39N5OS. The monoisotopic (exact) mass is 445 g/mol. The number of nitrogens with one attached hydrogen (secondary N) is 2. The molecule has 3 aliphatic rings. The van der Waals surface area contributed by atoms with Crippen LogP contribution in [0.15, 0.2) is 22.5 Å². The molecule has 0 radical (unpaired) electrons. The third-order valence-electron chi connectivity index (χ3n) is 7.36. The number of hydrogen-bond acceptors (Lipinski definition) is 4. The molecule has 3 fully saturated rings. The largest absolute Gasteiger partial charge is 0.354 e. The molecule has 1 aliphatic carbocycles. The van der Waals surface area contributed by atoms with Crippen molar-refractivity contribution in [3.63, 3.8) is 0 Å². The molecule has 1 aromatic rings. The molecule has 2 saturated heterocycles. The quantitative estimate of drug-likeness (QED) is 0.520. The van der Waals surface area contributed by atoms with Crippen molar-refractivity contribution in [1.29, 1.82) is 0 Å². The number of rotatable bonds is 6. The van der Waals surface area contributed by atoms with Crippen LogP contribution >= 0.6 is 11.3 Å². The van der Waals surface area contributed by atoms with Gasteiger partial charge >= 0.3 is 0 Å². The fourth-order valence-corrected chi connectivity index (χ4v) is 6.18. The van der Waals surface area contributed by atoms with Gasteiger partial charge in [0, 0.05) is 43.5 Å². The van der Waals surface area contributed by atoms with E-state index in [0.29, 0.717) is 11.9 Å². The Labute approximate surface area is 191 Å². The minimum Gasteiger partial charge on any atom is -0.354 e. The number of guanidine groups is 1. The van der Waals surface area contributed by atoms with Gasteiger partial charge in [0.15, 0.2) is 5.96 Å². The first-order chi connectivity index (χ1) is 15.1. The van der Waals surface area contributed by atoms with Gasteiger partial charge in [0.25, 0.3) is 0 Å². The SMILES string of the molecule is CN=C(NCC(c1cccs1)N1CCC(C)CC1)NC1CCN(C(=O)C2CCCC2)C1. The minimum atomic E-state index is 0.273. The number of carbonyl (C=O) groups is 1. The smallest absolute Gasteiger partial charge is 0.225 e. The highest BCUT2D eigenvalue weighted by molar-refractivity contribution is 7.10. The standard InChI is InChI=1S/C24H39N5OS/c1-18-9-12-28(13-10-18)21(22-8-5-15-31-22)16-26-24(25-2)27-20-11-14-29(17-20)23(30)19-6-3-4-7-19/h5,8,15,18-21H,3-4,6-7,9-14,16-17H2,1-2H3,(H2,25,26,27). The second kappa shape index (κ2) is 10.8. The van der Waals surface area contributed by atoms with E-state index in [1.807, 2.05) is 18.4 Å². The summed E-state index contributed by atoms with van der Waals surface area (Å²) in [6.07, 6.45) is 8.14. The van der Waals surface area contributed by atoms with Crippen LogP contribution in [0.3, 0.4) is 0 Å². The van der Waals surface area contributed by atoms with Crippen LogP contribution in [0, 0.1) is 11.8 Å². The van der Waals surface area contributed by atoms with Crippen LogP contribution in [-0.2, 0) is 4.79 Å². The molecule has 4 rings (SSSR count). The number of likely N-dealkylation sites (tertiary alicyclic amines) is 2. The summed E-state index contributed by atoms with van der Waals surface area (Å²) in [7, 11) is 1.84. The number of thiophene rings is 1. The van der Waals surface area contributed by atoms with E-state index < -0.39 is 0 Å². The summed E-state index contributed by atoms with van der Waals surface area (Å²) in [6.45, 7) is 7.22. The Morgan fingerprint density at radius 3 is 2.65 bits per heavy atom. The highest BCUT2D eigenvalue weighted by Crippen LogP contribution is 2.29. The third kappa shape index (κ3) is 5.80. The Morgan fingerprint density at radius 1 is 1.19 bits per heavy atom. The molecule has 31 heavy (non-hydrogen) atoms. The molecule has 0 bridgehead atoms. The van der Waals surface area contributed by atoms with Crippen LogP contribution in [0.4, 0.5) is 0 Å². The normalized spacial score (nSPS) is 25.2. The molecule has 2 N–H and O–H groups in total. The van der Waals surface area contributed by atoms with E-state index >= 15 is 0 Å². The summed E-state index contributed by atoms with van der Waals surface area (Å²) in [5.41, 5.74) is 0. The molecule has 3 heterocycles. The van der Waals surface area contributed by atoms with Crippen LogP contribution in [0.2, 0.25) is 0 Å². The van der Waals surface area contributed by atoms with Crippen molar-refractivity contribution in [2.45, 2.75) is 64.0 Å². The predicted octanol–water partition coefficient (Wildman–Crippen LogP) is 3.48. The van der Waals surface area contributed by atoms with Gasteiger partial charge < -0.3 is 15.5 Å². The van der Waals surface area contributed by atoms with E-state index in [1.165, 1.54) is 30.6 Å². The van der Waals surface area contributed by atoms with Crippen LogP contribution in [0.5, 0.6) is 0 Å². The van der Waals surface area contributed by atoms with Crippen molar-refractivity contribution in [3.05, 3.63) is 22.4 Å². The number of hydrogen-bond donors (Lipinski definition) is 2. The number of nitrogens with zero attached hydrogens (tertiary/aromatic N) is 3. The van der Waals surface area contributed by atoms with E-state index in [0.717, 1.165) is 63.9 Å². The van der Waals surface area contributed by atoms with Gasteiger partial charge in [-0.1, -0.05) is 25.8 Å². The van der Waals surface area contributed by atoms with Crippen LogP contribution in [-0.4, -0.2) is 67.5 Å². The molecule has 0 spiro atoms. The second-order valence-corrected chi connectivity index (χ2v) is 10.6. The van der Waals surface area contributed by atoms with Gasteiger partial charge in [-0.05, 0) is 62.6 Å². The van der Waals surface area contributed by atoms with Gasteiger partial charge in [0.2, 0.25) is 5.91 Å². The van der Waals surface area contributed by atoms with Crippen molar-refractivity contribution >= 4 is 23.2 Å². The van der Waals surface area contributed by atoms with Crippen LogP contribution in [0.1, 0.15) is 62.8 Å². The first-order valence-corrected chi connectivity index (χ1v) is 13.1. The molecule has 7 heteroatoms.